The monoisotopic (exact) mass is 394 g/mol. The third-order valence-electron chi connectivity index (χ3n) is 5.01. The van der Waals surface area contributed by atoms with Gasteiger partial charge in [-0.05, 0) is 53.9 Å². The molecular formula is C25H18N2O3. The van der Waals surface area contributed by atoms with E-state index in [9.17, 15) is 4.79 Å². The molecule has 0 spiro atoms. The molecule has 1 N–H and O–H groups in total. The smallest absolute Gasteiger partial charge is 0.255 e. The number of rotatable bonds is 4. The van der Waals surface area contributed by atoms with Crippen LogP contribution in [0.4, 0.5) is 5.69 Å². The van der Waals surface area contributed by atoms with Gasteiger partial charge in [-0.25, -0.2) is 4.98 Å². The van der Waals surface area contributed by atoms with Crippen LogP contribution >= 0.6 is 0 Å². The molecule has 5 aromatic rings. The maximum absolute atomic E-state index is 12.5. The van der Waals surface area contributed by atoms with Crippen LogP contribution in [0.3, 0.4) is 0 Å². The van der Waals surface area contributed by atoms with Crippen molar-refractivity contribution in [3.8, 4) is 17.2 Å². The van der Waals surface area contributed by atoms with Crippen LogP contribution in [0.5, 0.6) is 5.75 Å². The minimum Gasteiger partial charge on any atom is -0.497 e. The van der Waals surface area contributed by atoms with E-state index in [2.05, 4.69) is 11.4 Å². The second kappa shape index (κ2) is 7.37. The van der Waals surface area contributed by atoms with Gasteiger partial charge in [0.05, 0.1) is 7.11 Å². The highest BCUT2D eigenvalue weighted by Crippen LogP contribution is 2.30. The number of benzene rings is 4. The summed E-state index contributed by atoms with van der Waals surface area (Å²) in [5.74, 6) is 0.989. The number of nitrogens with one attached hydrogen (secondary N) is 1. The van der Waals surface area contributed by atoms with E-state index < -0.39 is 0 Å². The summed E-state index contributed by atoms with van der Waals surface area (Å²) in [6.45, 7) is 0. The van der Waals surface area contributed by atoms with E-state index in [1.165, 1.54) is 0 Å². The van der Waals surface area contributed by atoms with Gasteiger partial charge < -0.3 is 14.5 Å². The molecule has 0 unspecified atom stereocenters. The van der Waals surface area contributed by atoms with Gasteiger partial charge in [-0.2, -0.15) is 0 Å². The number of carbonyl (C=O) groups is 1. The molecule has 0 radical (unpaired) electrons. The van der Waals surface area contributed by atoms with Crippen LogP contribution in [0.2, 0.25) is 0 Å². The van der Waals surface area contributed by atoms with Crippen molar-refractivity contribution in [2.45, 2.75) is 0 Å². The lowest BCUT2D eigenvalue weighted by molar-refractivity contribution is 0.102. The van der Waals surface area contributed by atoms with Crippen molar-refractivity contribution in [3.05, 3.63) is 90.5 Å². The molecule has 1 heterocycles. The minimum atomic E-state index is -0.199. The zero-order valence-electron chi connectivity index (χ0n) is 16.3. The van der Waals surface area contributed by atoms with E-state index in [1.54, 1.807) is 31.4 Å². The maximum atomic E-state index is 12.5. The lowest BCUT2D eigenvalue weighted by atomic mass is 10.1. The Balaban J connectivity index is 1.41. The second-order valence-corrected chi connectivity index (χ2v) is 6.92. The minimum absolute atomic E-state index is 0.199. The Morgan fingerprint density at radius 2 is 1.77 bits per heavy atom. The molecule has 0 saturated carbocycles. The van der Waals surface area contributed by atoms with Crippen molar-refractivity contribution in [2.24, 2.45) is 0 Å². The fourth-order valence-electron chi connectivity index (χ4n) is 3.45. The molecular weight excluding hydrogens is 376 g/mol. The van der Waals surface area contributed by atoms with Crippen molar-refractivity contribution in [1.29, 1.82) is 0 Å². The van der Waals surface area contributed by atoms with E-state index in [1.807, 2.05) is 54.6 Å². The molecule has 1 aromatic heterocycles. The first-order chi connectivity index (χ1) is 14.7. The van der Waals surface area contributed by atoms with Crippen molar-refractivity contribution >= 4 is 33.5 Å². The number of fused-ring (bicyclic) bond motifs is 3. The molecule has 5 rings (SSSR count). The number of oxazole rings is 1. The van der Waals surface area contributed by atoms with Gasteiger partial charge in [-0.15, -0.1) is 0 Å². The van der Waals surface area contributed by atoms with Crippen LogP contribution in [-0.4, -0.2) is 18.0 Å². The highest BCUT2D eigenvalue weighted by Gasteiger charge is 2.12. The van der Waals surface area contributed by atoms with Crippen molar-refractivity contribution in [1.82, 2.24) is 4.98 Å². The summed E-state index contributed by atoms with van der Waals surface area (Å²) in [6.07, 6.45) is 0. The number of ether oxygens (including phenoxy) is 1. The lowest BCUT2D eigenvalue weighted by Crippen LogP contribution is -2.11. The quantitative estimate of drug-likeness (QED) is 0.412. The Hall–Kier alpha value is -4.12. The zero-order chi connectivity index (χ0) is 20.5. The van der Waals surface area contributed by atoms with Crippen LogP contribution in [0.1, 0.15) is 10.4 Å². The van der Waals surface area contributed by atoms with Gasteiger partial charge in [-0.1, -0.05) is 36.4 Å². The first-order valence-electron chi connectivity index (χ1n) is 9.55. The first-order valence-corrected chi connectivity index (χ1v) is 9.55. The molecule has 146 valence electrons. The molecule has 5 heteroatoms. The number of carbonyl (C=O) groups excluding carboxylic acids is 1. The zero-order valence-corrected chi connectivity index (χ0v) is 16.3. The van der Waals surface area contributed by atoms with Crippen LogP contribution in [0.15, 0.2) is 89.3 Å². The third kappa shape index (κ3) is 3.26. The first kappa shape index (κ1) is 17.9. The molecule has 1 amide bonds. The van der Waals surface area contributed by atoms with Crippen LogP contribution in [-0.2, 0) is 0 Å². The molecule has 30 heavy (non-hydrogen) atoms. The van der Waals surface area contributed by atoms with Crippen molar-refractivity contribution in [2.75, 3.05) is 12.4 Å². The predicted octanol–water partition coefficient (Wildman–Crippen LogP) is 5.91. The summed E-state index contributed by atoms with van der Waals surface area (Å²) in [5.41, 5.74) is 3.66. The van der Waals surface area contributed by atoms with Crippen molar-refractivity contribution < 1.29 is 13.9 Å². The molecule has 0 aliphatic heterocycles. The number of hydrogen-bond acceptors (Lipinski definition) is 4. The highest BCUT2D eigenvalue weighted by atomic mass is 16.5. The summed E-state index contributed by atoms with van der Waals surface area (Å²) < 4.78 is 11.1. The Kier molecular flexibility index (Phi) is 4.41. The number of nitrogens with zero attached hydrogens (tertiary/aromatic N) is 1. The molecule has 0 fully saturated rings. The summed E-state index contributed by atoms with van der Waals surface area (Å²) >= 11 is 0. The molecule has 5 nitrogen and oxygen atoms in total. The van der Waals surface area contributed by atoms with E-state index in [-0.39, 0.29) is 5.91 Å². The van der Waals surface area contributed by atoms with Gasteiger partial charge in [0.1, 0.15) is 11.3 Å². The van der Waals surface area contributed by atoms with Crippen molar-refractivity contribution in [3.63, 3.8) is 0 Å². The van der Waals surface area contributed by atoms with Crippen LogP contribution in [0.25, 0.3) is 33.3 Å². The van der Waals surface area contributed by atoms with Gasteiger partial charge in [0.15, 0.2) is 5.58 Å². The summed E-state index contributed by atoms with van der Waals surface area (Å²) in [6, 6.07) is 26.5. The highest BCUT2D eigenvalue weighted by molar-refractivity contribution is 6.05. The summed E-state index contributed by atoms with van der Waals surface area (Å²) in [5, 5.41) is 5.08. The molecule has 0 bridgehead atoms. The normalized spacial score (nSPS) is 11.0. The van der Waals surface area contributed by atoms with Gasteiger partial charge in [0, 0.05) is 22.2 Å². The Morgan fingerprint density at radius 3 is 2.60 bits per heavy atom. The Labute approximate surface area is 172 Å². The van der Waals surface area contributed by atoms with E-state index in [4.69, 9.17) is 14.1 Å². The third-order valence-corrected chi connectivity index (χ3v) is 5.01. The van der Waals surface area contributed by atoms with E-state index >= 15 is 0 Å². The van der Waals surface area contributed by atoms with E-state index in [0.29, 0.717) is 22.9 Å². The fourth-order valence-corrected chi connectivity index (χ4v) is 3.45. The maximum Gasteiger partial charge on any atom is 0.255 e. The summed E-state index contributed by atoms with van der Waals surface area (Å²) in [4.78, 5) is 17.2. The van der Waals surface area contributed by atoms with Gasteiger partial charge in [0.2, 0.25) is 5.89 Å². The van der Waals surface area contributed by atoms with Crippen LogP contribution < -0.4 is 10.1 Å². The van der Waals surface area contributed by atoms with Gasteiger partial charge in [0.25, 0.3) is 5.91 Å². The molecule has 0 atom stereocenters. The number of methoxy groups -OCH3 is 1. The second-order valence-electron chi connectivity index (χ2n) is 6.92. The fraction of sp³-hybridized carbons (Fsp3) is 0.0400. The van der Waals surface area contributed by atoms with Gasteiger partial charge >= 0.3 is 0 Å². The number of hydrogen-bond donors (Lipinski definition) is 1. The lowest BCUT2D eigenvalue weighted by Gasteiger charge is -2.07. The Bertz CT molecular complexity index is 1370. The topological polar surface area (TPSA) is 64.4 Å². The average molecular weight is 394 g/mol. The Morgan fingerprint density at radius 1 is 0.933 bits per heavy atom. The van der Waals surface area contributed by atoms with Crippen LogP contribution in [0, 0.1) is 0 Å². The number of amides is 1. The largest absolute Gasteiger partial charge is 0.497 e. The number of anilines is 1. The predicted molar refractivity (Wildman–Crippen MR) is 118 cm³/mol. The molecule has 0 aliphatic rings. The van der Waals surface area contributed by atoms with E-state index in [0.717, 1.165) is 27.4 Å². The molecule has 0 saturated heterocycles. The SMILES string of the molecule is COc1cccc(C(=O)Nc2ccc(-c3nc4c(ccc5ccccc54)o3)cc2)c1. The van der Waals surface area contributed by atoms with Gasteiger partial charge in [-0.3, -0.25) is 4.79 Å². The average Bonchev–Trinajstić information content (AvgIpc) is 3.24. The number of aromatic nitrogens is 1. The standard InChI is InChI=1S/C25H18N2O3/c1-29-20-7-4-6-18(15-20)24(28)26-19-12-9-17(10-13-19)25-27-23-21-8-3-2-5-16(21)11-14-22(23)30-25/h2-15H,1H3,(H,26,28). The summed E-state index contributed by atoms with van der Waals surface area (Å²) in [7, 11) is 1.57. The molecule has 4 aromatic carbocycles. The molecule has 0 aliphatic carbocycles.